The fourth-order valence-electron chi connectivity index (χ4n) is 3.33. The van der Waals surface area contributed by atoms with E-state index in [0.29, 0.717) is 12.6 Å². The predicted molar refractivity (Wildman–Crippen MR) is 73.5 cm³/mol. The van der Waals surface area contributed by atoms with Crippen molar-refractivity contribution in [2.45, 2.75) is 24.8 Å². The third-order valence-electron chi connectivity index (χ3n) is 4.44. The van der Waals surface area contributed by atoms with Gasteiger partial charge in [0.25, 0.3) is 0 Å². The standard InChI is InChI=1S/C15H20N2O3/c18-15(19)13-10-17(11-4-7-20-8-5-11)9-12(13)14-3-1-2-6-16-14/h1-3,6,11-13H,4-5,7-10H2,(H,18,19)/t12-,13-/m1/s1. The number of pyridine rings is 1. The number of rotatable bonds is 3. The van der Waals surface area contributed by atoms with Crippen molar-refractivity contribution < 1.29 is 14.6 Å². The third-order valence-corrected chi connectivity index (χ3v) is 4.44. The molecule has 2 atom stereocenters. The molecule has 2 fully saturated rings. The summed E-state index contributed by atoms with van der Waals surface area (Å²) >= 11 is 0. The minimum absolute atomic E-state index is 0.00320. The Kier molecular flexibility index (Phi) is 3.98. The van der Waals surface area contributed by atoms with Crippen LogP contribution in [0.4, 0.5) is 0 Å². The zero-order chi connectivity index (χ0) is 13.9. The topological polar surface area (TPSA) is 62.7 Å². The maximum atomic E-state index is 11.5. The average molecular weight is 276 g/mol. The number of carboxylic acid groups (broad SMARTS) is 1. The number of carbonyl (C=O) groups is 1. The van der Waals surface area contributed by atoms with Gasteiger partial charge in [0, 0.05) is 50.2 Å². The van der Waals surface area contributed by atoms with E-state index in [0.717, 1.165) is 38.3 Å². The van der Waals surface area contributed by atoms with Gasteiger partial charge in [-0.3, -0.25) is 14.7 Å². The predicted octanol–water partition coefficient (Wildman–Crippen LogP) is 1.36. The van der Waals surface area contributed by atoms with E-state index in [2.05, 4.69) is 9.88 Å². The van der Waals surface area contributed by atoms with Crippen molar-refractivity contribution in [2.24, 2.45) is 5.92 Å². The van der Waals surface area contributed by atoms with Gasteiger partial charge >= 0.3 is 5.97 Å². The number of hydrogen-bond acceptors (Lipinski definition) is 4. The summed E-state index contributed by atoms with van der Waals surface area (Å²) in [6.45, 7) is 2.99. The summed E-state index contributed by atoms with van der Waals surface area (Å²) in [5, 5.41) is 9.48. The van der Waals surface area contributed by atoms with Crippen LogP contribution in [-0.4, -0.2) is 53.3 Å². The molecule has 0 radical (unpaired) electrons. The number of carboxylic acids is 1. The van der Waals surface area contributed by atoms with Gasteiger partial charge in [0.1, 0.15) is 0 Å². The van der Waals surface area contributed by atoms with E-state index in [1.807, 2.05) is 18.2 Å². The third kappa shape index (κ3) is 2.69. The molecular formula is C15H20N2O3. The van der Waals surface area contributed by atoms with Gasteiger partial charge in [-0.2, -0.15) is 0 Å². The van der Waals surface area contributed by atoms with E-state index in [-0.39, 0.29) is 11.8 Å². The number of nitrogens with zero attached hydrogens (tertiary/aromatic N) is 2. The van der Waals surface area contributed by atoms with E-state index in [1.54, 1.807) is 6.20 Å². The summed E-state index contributed by atoms with van der Waals surface area (Å²) in [4.78, 5) is 18.2. The van der Waals surface area contributed by atoms with Crippen molar-refractivity contribution >= 4 is 5.97 Å². The maximum Gasteiger partial charge on any atom is 0.308 e. The van der Waals surface area contributed by atoms with Gasteiger partial charge in [-0.1, -0.05) is 6.07 Å². The summed E-state index contributed by atoms with van der Waals surface area (Å²) in [6, 6.07) is 6.19. The van der Waals surface area contributed by atoms with Gasteiger partial charge in [0.05, 0.1) is 5.92 Å². The van der Waals surface area contributed by atoms with Crippen LogP contribution in [0.15, 0.2) is 24.4 Å². The van der Waals surface area contributed by atoms with Gasteiger partial charge in [0.2, 0.25) is 0 Å². The smallest absolute Gasteiger partial charge is 0.308 e. The Morgan fingerprint density at radius 2 is 2.10 bits per heavy atom. The fraction of sp³-hybridized carbons (Fsp3) is 0.600. The Morgan fingerprint density at radius 1 is 1.30 bits per heavy atom. The SMILES string of the molecule is O=C(O)[C@@H]1CN(C2CCOCC2)C[C@H]1c1ccccn1. The van der Waals surface area contributed by atoms with E-state index < -0.39 is 5.97 Å². The van der Waals surface area contributed by atoms with Crippen LogP contribution in [0.5, 0.6) is 0 Å². The molecule has 0 spiro atoms. The second-order valence-corrected chi connectivity index (χ2v) is 5.60. The van der Waals surface area contributed by atoms with Crippen LogP contribution >= 0.6 is 0 Å². The molecule has 0 saturated carbocycles. The van der Waals surface area contributed by atoms with Crippen molar-refractivity contribution in [3.8, 4) is 0 Å². The van der Waals surface area contributed by atoms with Crippen molar-refractivity contribution in [2.75, 3.05) is 26.3 Å². The van der Waals surface area contributed by atoms with Gasteiger partial charge in [-0.15, -0.1) is 0 Å². The summed E-state index contributed by atoms with van der Waals surface area (Å²) in [5.74, 6) is -1.07. The molecule has 0 amide bonds. The number of aromatic nitrogens is 1. The summed E-state index contributed by atoms with van der Waals surface area (Å²) in [6.07, 6.45) is 3.74. The molecule has 20 heavy (non-hydrogen) atoms. The van der Waals surface area contributed by atoms with Crippen LogP contribution < -0.4 is 0 Å². The molecule has 1 N–H and O–H groups in total. The van der Waals surface area contributed by atoms with E-state index in [1.165, 1.54) is 0 Å². The maximum absolute atomic E-state index is 11.5. The Balaban J connectivity index is 1.77. The quantitative estimate of drug-likeness (QED) is 0.903. The lowest BCUT2D eigenvalue weighted by molar-refractivity contribution is -0.141. The molecule has 5 nitrogen and oxygen atoms in total. The zero-order valence-corrected chi connectivity index (χ0v) is 11.4. The molecule has 0 unspecified atom stereocenters. The molecule has 5 heteroatoms. The molecule has 3 rings (SSSR count). The first-order valence-electron chi connectivity index (χ1n) is 7.21. The Bertz CT molecular complexity index is 459. The number of aliphatic carboxylic acids is 1. The molecule has 2 saturated heterocycles. The highest BCUT2D eigenvalue weighted by Crippen LogP contribution is 2.34. The minimum atomic E-state index is -0.713. The fourth-order valence-corrected chi connectivity index (χ4v) is 3.33. The average Bonchev–Trinajstić information content (AvgIpc) is 2.94. The molecule has 1 aromatic heterocycles. The minimum Gasteiger partial charge on any atom is -0.481 e. The van der Waals surface area contributed by atoms with Gasteiger partial charge in [-0.25, -0.2) is 0 Å². The first-order valence-corrected chi connectivity index (χ1v) is 7.21. The lowest BCUT2D eigenvalue weighted by Gasteiger charge is -2.31. The van der Waals surface area contributed by atoms with Crippen molar-refractivity contribution in [3.05, 3.63) is 30.1 Å². The van der Waals surface area contributed by atoms with Gasteiger partial charge in [0.15, 0.2) is 0 Å². The molecular weight excluding hydrogens is 256 g/mol. The summed E-state index contributed by atoms with van der Waals surface area (Å²) < 4.78 is 5.39. The van der Waals surface area contributed by atoms with Crippen LogP contribution in [0.3, 0.4) is 0 Å². The molecule has 108 valence electrons. The second-order valence-electron chi connectivity index (χ2n) is 5.60. The van der Waals surface area contributed by atoms with Crippen LogP contribution in [0.2, 0.25) is 0 Å². The summed E-state index contributed by atoms with van der Waals surface area (Å²) in [7, 11) is 0. The second kappa shape index (κ2) is 5.89. The van der Waals surface area contributed by atoms with Crippen molar-refractivity contribution in [3.63, 3.8) is 0 Å². The number of likely N-dealkylation sites (tertiary alicyclic amines) is 1. The Morgan fingerprint density at radius 3 is 2.75 bits per heavy atom. The highest BCUT2D eigenvalue weighted by molar-refractivity contribution is 5.72. The van der Waals surface area contributed by atoms with Crippen LogP contribution in [0, 0.1) is 5.92 Å². The number of ether oxygens (including phenoxy) is 1. The zero-order valence-electron chi connectivity index (χ0n) is 11.4. The lowest BCUT2D eigenvalue weighted by atomic mass is 9.93. The normalized spacial score (nSPS) is 28.6. The Hall–Kier alpha value is -1.46. The van der Waals surface area contributed by atoms with Crippen molar-refractivity contribution in [1.82, 2.24) is 9.88 Å². The molecule has 3 heterocycles. The van der Waals surface area contributed by atoms with Crippen LogP contribution in [-0.2, 0) is 9.53 Å². The molecule has 1 aromatic rings. The highest BCUT2D eigenvalue weighted by Gasteiger charge is 2.41. The largest absolute Gasteiger partial charge is 0.481 e. The summed E-state index contributed by atoms with van der Waals surface area (Å²) in [5.41, 5.74) is 0.898. The van der Waals surface area contributed by atoms with Crippen LogP contribution in [0.25, 0.3) is 0 Å². The molecule has 0 aliphatic carbocycles. The van der Waals surface area contributed by atoms with Crippen molar-refractivity contribution in [1.29, 1.82) is 0 Å². The molecule has 2 aliphatic heterocycles. The van der Waals surface area contributed by atoms with Gasteiger partial charge < -0.3 is 9.84 Å². The van der Waals surface area contributed by atoms with Crippen LogP contribution in [0.1, 0.15) is 24.5 Å². The van der Waals surface area contributed by atoms with E-state index >= 15 is 0 Å². The molecule has 0 bridgehead atoms. The van der Waals surface area contributed by atoms with E-state index in [4.69, 9.17) is 4.74 Å². The monoisotopic (exact) mass is 276 g/mol. The highest BCUT2D eigenvalue weighted by atomic mass is 16.5. The number of hydrogen-bond donors (Lipinski definition) is 1. The lowest BCUT2D eigenvalue weighted by Crippen LogP contribution is -2.38. The molecule has 2 aliphatic rings. The molecule has 0 aromatic carbocycles. The van der Waals surface area contributed by atoms with Gasteiger partial charge in [-0.05, 0) is 25.0 Å². The first kappa shape index (κ1) is 13.5. The Labute approximate surface area is 118 Å². The van der Waals surface area contributed by atoms with E-state index in [9.17, 15) is 9.90 Å². The first-order chi connectivity index (χ1) is 9.75.